The van der Waals surface area contributed by atoms with Crippen molar-refractivity contribution in [1.29, 1.82) is 0 Å². The SMILES string of the molecule is COc1cccc(C=CC(=O)OCC2CCCCO2)c1OC(F)F. The maximum Gasteiger partial charge on any atom is 0.387 e. The Morgan fingerprint density at radius 2 is 2.25 bits per heavy atom. The Kier molecular flexibility index (Phi) is 6.99. The molecule has 1 aromatic rings. The van der Waals surface area contributed by atoms with Gasteiger partial charge in [0.25, 0.3) is 0 Å². The molecule has 0 radical (unpaired) electrons. The molecule has 5 nitrogen and oxygen atoms in total. The van der Waals surface area contributed by atoms with Gasteiger partial charge in [-0.15, -0.1) is 0 Å². The summed E-state index contributed by atoms with van der Waals surface area (Å²) in [4.78, 5) is 11.8. The molecule has 2 rings (SSSR count). The number of alkyl halides is 2. The zero-order chi connectivity index (χ0) is 17.4. The quantitative estimate of drug-likeness (QED) is 0.561. The molecule has 1 aliphatic heterocycles. The first kappa shape index (κ1) is 18.2. The van der Waals surface area contributed by atoms with Gasteiger partial charge in [-0.25, -0.2) is 4.79 Å². The summed E-state index contributed by atoms with van der Waals surface area (Å²) in [6, 6.07) is 4.64. The molecule has 1 aromatic carbocycles. The third-order valence-corrected chi connectivity index (χ3v) is 3.52. The molecule has 0 N–H and O–H groups in total. The average Bonchev–Trinajstić information content (AvgIpc) is 2.59. The Balaban J connectivity index is 1.98. The summed E-state index contributed by atoms with van der Waals surface area (Å²) in [6.45, 7) is -2.14. The lowest BCUT2D eigenvalue weighted by Gasteiger charge is -2.21. The molecule has 7 heteroatoms. The molecule has 0 bridgehead atoms. The van der Waals surface area contributed by atoms with E-state index in [0.717, 1.165) is 25.3 Å². The topological polar surface area (TPSA) is 54.0 Å². The first-order chi connectivity index (χ1) is 11.6. The fraction of sp³-hybridized carbons (Fsp3) is 0.471. The second-order valence-corrected chi connectivity index (χ2v) is 5.21. The van der Waals surface area contributed by atoms with E-state index in [1.165, 1.54) is 25.3 Å². The van der Waals surface area contributed by atoms with Crippen molar-refractivity contribution in [3.63, 3.8) is 0 Å². The number of halogens is 2. The molecule has 1 heterocycles. The van der Waals surface area contributed by atoms with Crippen molar-refractivity contribution in [2.45, 2.75) is 32.0 Å². The minimum Gasteiger partial charge on any atom is -0.493 e. The van der Waals surface area contributed by atoms with E-state index in [4.69, 9.17) is 14.2 Å². The summed E-state index contributed by atoms with van der Waals surface area (Å²) < 4.78 is 45.1. The van der Waals surface area contributed by atoms with Gasteiger partial charge >= 0.3 is 12.6 Å². The molecule has 24 heavy (non-hydrogen) atoms. The second kappa shape index (κ2) is 9.22. The molecule has 1 atom stereocenters. The number of ether oxygens (including phenoxy) is 4. The number of hydrogen-bond donors (Lipinski definition) is 0. The van der Waals surface area contributed by atoms with E-state index < -0.39 is 12.6 Å². The van der Waals surface area contributed by atoms with Crippen LogP contribution in [-0.4, -0.2) is 39.0 Å². The highest BCUT2D eigenvalue weighted by Gasteiger charge is 2.16. The second-order valence-electron chi connectivity index (χ2n) is 5.21. The van der Waals surface area contributed by atoms with Crippen LogP contribution in [0.4, 0.5) is 8.78 Å². The van der Waals surface area contributed by atoms with Crippen molar-refractivity contribution < 1.29 is 32.5 Å². The summed E-state index contributed by atoms with van der Waals surface area (Å²) in [7, 11) is 1.35. The van der Waals surface area contributed by atoms with Gasteiger partial charge in [0.2, 0.25) is 0 Å². The van der Waals surface area contributed by atoms with E-state index in [2.05, 4.69) is 4.74 Å². The van der Waals surface area contributed by atoms with Crippen LogP contribution in [0.1, 0.15) is 24.8 Å². The minimum atomic E-state index is -3.00. The largest absolute Gasteiger partial charge is 0.493 e. The fourth-order valence-electron chi connectivity index (χ4n) is 2.36. The van der Waals surface area contributed by atoms with E-state index in [-0.39, 0.29) is 24.2 Å². The fourth-order valence-corrected chi connectivity index (χ4v) is 2.36. The summed E-state index contributed by atoms with van der Waals surface area (Å²) in [5, 5.41) is 0. The zero-order valence-corrected chi connectivity index (χ0v) is 13.4. The van der Waals surface area contributed by atoms with Crippen molar-refractivity contribution >= 4 is 12.0 Å². The smallest absolute Gasteiger partial charge is 0.387 e. The highest BCUT2D eigenvalue weighted by Crippen LogP contribution is 2.33. The van der Waals surface area contributed by atoms with Gasteiger partial charge in [-0.1, -0.05) is 12.1 Å². The normalized spacial score (nSPS) is 17.9. The molecule has 0 aromatic heterocycles. The molecule has 1 aliphatic rings. The molecule has 0 amide bonds. The van der Waals surface area contributed by atoms with Gasteiger partial charge in [-0.2, -0.15) is 8.78 Å². The van der Waals surface area contributed by atoms with Crippen molar-refractivity contribution in [2.24, 2.45) is 0 Å². The summed E-state index contributed by atoms with van der Waals surface area (Å²) >= 11 is 0. The van der Waals surface area contributed by atoms with Gasteiger partial charge in [-0.3, -0.25) is 0 Å². The van der Waals surface area contributed by atoms with Gasteiger partial charge in [0.1, 0.15) is 6.61 Å². The average molecular weight is 342 g/mol. The first-order valence-corrected chi connectivity index (χ1v) is 7.68. The standard InChI is InChI=1S/C17H20F2O5/c1-21-14-7-4-5-12(16(14)24-17(18)19)8-9-15(20)23-11-13-6-2-3-10-22-13/h4-5,7-9,13,17H,2-3,6,10-11H2,1H3. The number of hydrogen-bond acceptors (Lipinski definition) is 5. The van der Waals surface area contributed by atoms with Gasteiger partial charge in [0.15, 0.2) is 11.5 Å². The lowest BCUT2D eigenvalue weighted by molar-refractivity contribution is -0.143. The van der Waals surface area contributed by atoms with E-state index >= 15 is 0 Å². The zero-order valence-electron chi connectivity index (χ0n) is 13.4. The van der Waals surface area contributed by atoms with E-state index in [1.54, 1.807) is 6.07 Å². The summed E-state index contributed by atoms with van der Waals surface area (Å²) in [5.41, 5.74) is 0.292. The van der Waals surface area contributed by atoms with E-state index in [0.29, 0.717) is 12.2 Å². The Morgan fingerprint density at radius 3 is 2.92 bits per heavy atom. The number of carbonyl (C=O) groups excluding carboxylic acids is 1. The van der Waals surface area contributed by atoms with E-state index in [1.807, 2.05) is 0 Å². The van der Waals surface area contributed by atoms with E-state index in [9.17, 15) is 13.6 Å². The summed E-state index contributed by atoms with van der Waals surface area (Å²) in [6.07, 6.45) is 5.37. The predicted octanol–water partition coefficient (Wildman–Crippen LogP) is 3.42. The van der Waals surface area contributed by atoms with Gasteiger partial charge in [0.05, 0.1) is 13.2 Å². The van der Waals surface area contributed by atoms with Crippen LogP contribution >= 0.6 is 0 Å². The molecule has 0 aliphatic carbocycles. The molecular weight excluding hydrogens is 322 g/mol. The van der Waals surface area contributed by atoms with Crippen LogP contribution < -0.4 is 9.47 Å². The van der Waals surface area contributed by atoms with Crippen molar-refractivity contribution in [2.75, 3.05) is 20.3 Å². The van der Waals surface area contributed by atoms with Crippen LogP contribution in [0.25, 0.3) is 6.08 Å². The lowest BCUT2D eigenvalue weighted by atomic mass is 10.1. The van der Waals surface area contributed by atoms with Crippen molar-refractivity contribution in [3.8, 4) is 11.5 Å². The molecular formula is C17H20F2O5. The Labute approximate surface area is 139 Å². The minimum absolute atomic E-state index is 0.0781. The van der Waals surface area contributed by atoms with Crippen LogP contribution in [-0.2, 0) is 14.3 Å². The molecule has 1 saturated heterocycles. The van der Waals surface area contributed by atoms with Gasteiger partial charge in [0, 0.05) is 18.2 Å². The Hall–Kier alpha value is -2.15. The van der Waals surface area contributed by atoms with Crippen LogP contribution in [0, 0.1) is 0 Å². The Bertz CT molecular complexity index is 568. The third kappa shape index (κ3) is 5.49. The molecule has 0 spiro atoms. The van der Waals surface area contributed by atoms with Crippen LogP contribution in [0.2, 0.25) is 0 Å². The van der Waals surface area contributed by atoms with Gasteiger partial charge < -0.3 is 18.9 Å². The number of methoxy groups -OCH3 is 1. The predicted molar refractivity (Wildman–Crippen MR) is 83.2 cm³/mol. The van der Waals surface area contributed by atoms with Crippen LogP contribution in [0.3, 0.4) is 0 Å². The van der Waals surface area contributed by atoms with Crippen LogP contribution in [0.5, 0.6) is 11.5 Å². The number of esters is 1. The maximum atomic E-state index is 12.5. The number of carbonyl (C=O) groups is 1. The lowest BCUT2D eigenvalue weighted by Crippen LogP contribution is -2.25. The Morgan fingerprint density at radius 1 is 1.42 bits per heavy atom. The summed E-state index contributed by atoms with van der Waals surface area (Å²) in [5.74, 6) is -0.550. The number of para-hydroxylation sites is 1. The van der Waals surface area contributed by atoms with Crippen LogP contribution in [0.15, 0.2) is 24.3 Å². The molecule has 1 unspecified atom stereocenters. The third-order valence-electron chi connectivity index (χ3n) is 3.52. The van der Waals surface area contributed by atoms with Crippen molar-refractivity contribution in [1.82, 2.24) is 0 Å². The number of benzene rings is 1. The first-order valence-electron chi connectivity index (χ1n) is 7.68. The molecule has 132 valence electrons. The highest BCUT2D eigenvalue weighted by molar-refractivity contribution is 5.87. The molecule has 0 saturated carbocycles. The molecule has 1 fully saturated rings. The monoisotopic (exact) mass is 342 g/mol. The van der Waals surface area contributed by atoms with Gasteiger partial charge in [-0.05, 0) is 31.4 Å². The number of rotatable bonds is 7. The van der Waals surface area contributed by atoms with Crippen molar-refractivity contribution in [3.05, 3.63) is 29.8 Å². The maximum absolute atomic E-state index is 12.5. The highest BCUT2D eigenvalue weighted by atomic mass is 19.3.